The first kappa shape index (κ1) is 16.6. The summed E-state index contributed by atoms with van der Waals surface area (Å²) in [6.45, 7) is 7.20. The quantitative estimate of drug-likeness (QED) is 0.778. The molecule has 0 aliphatic carbocycles. The standard InChI is InChI=1S/C16H20BrFN2S/c1-4-7-19-15(9-16-20-10(2)11(3)21-16)13-6-5-12(18)8-14(13)17/h5-6,8,15,19H,4,7,9H2,1-3H3. The van der Waals surface area contributed by atoms with E-state index in [0.29, 0.717) is 0 Å². The number of aromatic nitrogens is 1. The van der Waals surface area contributed by atoms with E-state index in [-0.39, 0.29) is 11.9 Å². The average Bonchev–Trinajstić information content (AvgIpc) is 2.74. The third-order valence-corrected chi connectivity index (χ3v) is 5.21. The summed E-state index contributed by atoms with van der Waals surface area (Å²) in [4.78, 5) is 5.88. The van der Waals surface area contributed by atoms with Crippen LogP contribution >= 0.6 is 27.3 Å². The van der Waals surface area contributed by atoms with Crippen molar-refractivity contribution in [3.8, 4) is 0 Å². The molecule has 0 fully saturated rings. The molecule has 0 aliphatic rings. The third kappa shape index (κ3) is 4.34. The molecule has 1 heterocycles. The van der Waals surface area contributed by atoms with Crippen molar-refractivity contribution in [2.45, 2.75) is 39.7 Å². The second-order valence-electron chi connectivity index (χ2n) is 5.13. The molecular formula is C16H20BrFN2S. The zero-order valence-electron chi connectivity index (χ0n) is 12.5. The van der Waals surface area contributed by atoms with Crippen LogP contribution in [0.4, 0.5) is 4.39 Å². The van der Waals surface area contributed by atoms with Gasteiger partial charge in [0.05, 0.1) is 10.7 Å². The van der Waals surface area contributed by atoms with Crippen LogP contribution in [0, 0.1) is 19.7 Å². The van der Waals surface area contributed by atoms with E-state index in [1.165, 1.54) is 17.0 Å². The van der Waals surface area contributed by atoms with Gasteiger partial charge in [-0.1, -0.05) is 28.9 Å². The molecule has 0 radical (unpaired) electrons. The zero-order chi connectivity index (χ0) is 15.4. The number of thiazole rings is 1. The molecule has 2 aromatic rings. The highest BCUT2D eigenvalue weighted by molar-refractivity contribution is 9.10. The molecule has 0 amide bonds. The van der Waals surface area contributed by atoms with Crippen molar-refractivity contribution >= 4 is 27.3 Å². The monoisotopic (exact) mass is 370 g/mol. The lowest BCUT2D eigenvalue weighted by Crippen LogP contribution is -2.24. The van der Waals surface area contributed by atoms with Crippen LogP contribution in [0.5, 0.6) is 0 Å². The first-order chi connectivity index (χ1) is 10.0. The van der Waals surface area contributed by atoms with Gasteiger partial charge in [-0.2, -0.15) is 0 Å². The van der Waals surface area contributed by atoms with Crippen molar-refractivity contribution in [1.29, 1.82) is 0 Å². The Balaban J connectivity index is 2.24. The van der Waals surface area contributed by atoms with E-state index >= 15 is 0 Å². The fourth-order valence-electron chi connectivity index (χ4n) is 2.20. The molecule has 1 unspecified atom stereocenters. The molecular weight excluding hydrogens is 351 g/mol. The number of aryl methyl sites for hydroxylation is 2. The third-order valence-electron chi connectivity index (χ3n) is 3.43. The highest BCUT2D eigenvalue weighted by Gasteiger charge is 2.17. The molecule has 114 valence electrons. The van der Waals surface area contributed by atoms with Gasteiger partial charge in [-0.25, -0.2) is 9.37 Å². The van der Waals surface area contributed by atoms with Crippen LogP contribution < -0.4 is 5.32 Å². The minimum atomic E-state index is -0.221. The Labute approximate surface area is 137 Å². The van der Waals surface area contributed by atoms with Crippen LogP contribution in [0.15, 0.2) is 22.7 Å². The molecule has 1 N–H and O–H groups in total. The summed E-state index contributed by atoms with van der Waals surface area (Å²) in [7, 11) is 0. The number of nitrogens with one attached hydrogen (secondary N) is 1. The van der Waals surface area contributed by atoms with Crippen LogP contribution in [0.1, 0.15) is 40.5 Å². The van der Waals surface area contributed by atoms with Gasteiger partial charge >= 0.3 is 0 Å². The summed E-state index contributed by atoms with van der Waals surface area (Å²) in [5, 5.41) is 4.66. The molecule has 1 aromatic heterocycles. The fourth-order valence-corrected chi connectivity index (χ4v) is 3.80. The lowest BCUT2D eigenvalue weighted by molar-refractivity contribution is 0.524. The Morgan fingerprint density at radius 2 is 2.14 bits per heavy atom. The van der Waals surface area contributed by atoms with Gasteiger partial charge in [-0.3, -0.25) is 0 Å². The zero-order valence-corrected chi connectivity index (χ0v) is 14.9. The summed E-state index contributed by atoms with van der Waals surface area (Å²) >= 11 is 5.22. The van der Waals surface area contributed by atoms with E-state index in [1.54, 1.807) is 11.3 Å². The van der Waals surface area contributed by atoms with Crippen LogP contribution in [0.2, 0.25) is 0 Å². The van der Waals surface area contributed by atoms with Crippen molar-refractivity contribution < 1.29 is 4.39 Å². The van der Waals surface area contributed by atoms with E-state index in [9.17, 15) is 4.39 Å². The van der Waals surface area contributed by atoms with Crippen molar-refractivity contribution in [3.63, 3.8) is 0 Å². The summed E-state index contributed by atoms with van der Waals surface area (Å²) in [5.41, 5.74) is 2.18. The Morgan fingerprint density at radius 1 is 1.38 bits per heavy atom. The maximum absolute atomic E-state index is 13.3. The fraction of sp³-hybridized carbons (Fsp3) is 0.438. The van der Waals surface area contributed by atoms with Crippen molar-refractivity contribution in [2.24, 2.45) is 0 Å². The smallest absolute Gasteiger partial charge is 0.124 e. The van der Waals surface area contributed by atoms with Crippen LogP contribution in [-0.2, 0) is 6.42 Å². The molecule has 0 saturated carbocycles. The van der Waals surface area contributed by atoms with Gasteiger partial charge in [0.25, 0.3) is 0 Å². The van der Waals surface area contributed by atoms with Crippen molar-refractivity contribution in [3.05, 3.63) is 49.6 Å². The molecule has 21 heavy (non-hydrogen) atoms. The Hall–Kier alpha value is -0.780. The minimum Gasteiger partial charge on any atom is -0.310 e. The van der Waals surface area contributed by atoms with Gasteiger partial charge in [-0.05, 0) is 44.5 Å². The van der Waals surface area contributed by atoms with Crippen LogP contribution in [-0.4, -0.2) is 11.5 Å². The Kier molecular flexibility index (Phi) is 5.90. The van der Waals surface area contributed by atoms with Gasteiger partial charge in [0.15, 0.2) is 0 Å². The predicted octanol–water partition coefficient (Wildman–Crippen LogP) is 4.94. The van der Waals surface area contributed by atoms with Crippen molar-refractivity contribution in [2.75, 3.05) is 6.54 Å². The molecule has 1 atom stereocenters. The molecule has 0 spiro atoms. The molecule has 2 rings (SSSR count). The molecule has 1 aromatic carbocycles. The van der Waals surface area contributed by atoms with E-state index in [4.69, 9.17) is 0 Å². The van der Waals surface area contributed by atoms with E-state index in [2.05, 4.69) is 40.1 Å². The SMILES string of the molecule is CCCNC(Cc1nc(C)c(C)s1)c1ccc(F)cc1Br. The van der Waals surface area contributed by atoms with Gasteiger partial charge in [0.1, 0.15) is 5.82 Å². The molecule has 0 saturated heterocycles. The second-order valence-corrected chi connectivity index (χ2v) is 7.27. The largest absolute Gasteiger partial charge is 0.310 e. The van der Waals surface area contributed by atoms with Gasteiger partial charge in [-0.15, -0.1) is 11.3 Å². The molecule has 2 nitrogen and oxygen atoms in total. The number of rotatable bonds is 6. The number of nitrogens with zero attached hydrogens (tertiary/aromatic N) is 1. The average molecular weight is 371 g/mol. The summed E-state index contributed by atoms with van der Waals surface area (Å²) in [6.07, 6.45) is 1.88. The molecule has 0 aliphatic heterocycles. The van der Waals surface area contributed by atoms with E-state index < -0.39 is 0 Å². The molecule has 5 heteroatoms. The van der Waals surface area contributed by atoms with Crippen LogP contribution in [0.25, 0.3) is 0 Å². The summed E-state index contributed by atoms with van der Waals surface area (Å²) in [6, 6.07) is 5.03. The summed E-state index contributed by atoms with van der Waals surface area (Å²) < 4.78 is 14.1. The first-order valence-electron chi connectivity index (χ1n) is 7.12. The van der Waals surface area contributed by atoms with Gasteiger partial charge in [0.2, 0.25) is 0 Å². The topological polar surface area (TPSA) is 24.9 Å². The minimum absolute atomic E-state index is 0.143. The Bertz CT molecular complexity index is 593. The highest BCUT2D eigenvalue weighted by Crippen LogP contribution is 2.29. The van der Waals surface area contributed by atoms with Gasteiger partial charge < -0.3 is 5.32 Å². The normalized spacial score (nSPS) is 12.6. The maximum atomic E-state index is 13.3. The molecule has 0 bridgehead atoms. The van der Waals surface area contributed by atoms with E-state index in [0.717, 1.165) is 40.1 Å². The van der Waals surface area contributed by atoms with E-state index in [1.807, 2.05) is 13.0 Å². The highest BCUT2D eigenvalue weighted by atomic mass is 79.9. The second kappa shape index (κ2) is 7.47. The predicted molar refractivity (Wildman–Crippen MR) is 90.4 cm³/mol. The Morgan fingerprint density at radius 3 is 2.71 bits per heavy atom. The number of benzene rings is 1. The number of halogens is 2. The van der Waals surface area contributed by atoms with Gasteiger partial charge in [0, 0.05) is 21.8 Å². The maximum Gasteiger partial charge on any atom is 0.124 e. The van der Waals surface area contributed by atoms with Crippen LogP contribution in [0.3, 0.4) is 0 Å². The van der Waals surface area contributed by atoms with Crippen molar-refractivity contribution in [1.82, 2.24) is 10.3 Å². The number of hydrogen-bond acceptors (Lipinski definition) is 3. The first-order valence-corrected chi connectivity index (χ1v) is 8.73. The summed E-state index contributed by atoms with van der Waals surface area (Å²) in [5.74, 6) is -0.221. The lowest BCUT2D eigenvalue weighted by atomic mass is 10.0. The number of hydrogen-bond donors (Lipinski definition) is 1. The lowest BCUT2D eigenvalue weighted by Gasteiger charge is -2.19.